The maximum absolute atomic E-state index is 13.1. The molecule has 0 aliphatic heterocycles. The van der Waals surface area contributed by atoms with Crippen LogP contribution in [0.15, 0.2) is 48.5 Å². The Bertz CT molecular complexity index is 748. The molecule has 1 N–H and O–H groups in total. The van der Waals surface area contributed by atoms with Gasteiger partial charge in [0.2, 0.25) is 0 Å². The van der Waals surface area contributed by atoms with Crippen LogP contribution in [-0.2, 0) is 10.2 Å². The van der Waals surface area contributed by atoms with Crippen LogP contribution in [0.5, 0.6) is 0 Å². The molecule has 2 aromatic carbocycles. The minimum absolute atomic E-state index is 0.392. The molecule has 0 unspecified atom stereocenters. The molecule has 0 amide bonds. The number of halogens is 2. The van der Waals surface area contributed by atoms with Gasteiger partial charge in [0.1, 0.15) is 5.82 Å². The van der Waals surface area contributed by atoms with E-state index >= 15 is 0 Å². The second-order valence-electron chi connectivity index (χ2n) is 4.91. The summed E-state index contributed by atoms with van der Waals surface area (Å²) < 4.78 is 41.1. The van der Waals surface area contributed by atoms with Crippen LogP contribution in [0.25, 0.3) is 0 Å². The number of benzene rings is 2. The lowest BCUT2D eigenvalue weighted by molar-refractivity contribution is 0.498. The van der Waals surface area contributed by atoms with E-state index < -0.39 is 22.1 Å². The highest BCUT2D eigenvalue weighted by molar-refractivity contribution is 7.87. The van der Waals surface area contributed by atoms with Gasteiger partial charge in [-0.3, -0.25) is 0 Å². The third-order valence-electron chi connectivity index (χ3n) is 3.17. The highest BCUT2D eigenvalue weighted by Gasteiger charge is 2.24. The van der Waals surface area contributed by atoms with Crippen molar-refractivity contribution in [3.63, 3.8) is 0 Å². The molecule has 0 spiro atoms. The van der Waals surface area contributed by atoms with E-state index in [1.54, 1.807) is 24.3 Å². The summed E-state index contributed by atoms with van der Waals surface area (Å²) in [6.07, 6.45) is 0. The molecule has 4 nitrogen and oxygen atoms in total. The molecule has 118 valence electrons. The first kappa shape index (κ1) is 16.9. The number of hydrogen-bond acceptors (Lipinski definition) is 2. The van der Waals surface area contributed by atoms with Gasteiger partial charge in [0.05, 0.1) is 6.04 Å². The van der Waals surface area contributed by atoms with Crippen molar-refractivity contribution >= 4 is 21.8 Å². The van der Waals surface area contributed by atoms with Gasteiger partial charge in [-0.15, -0.1) is 0 Å². The Morgan fingerprint density at radius 3 is 2.23 bits per heavy atom. The molecular weight excluding hydrogens is 327 g/mol. The quantitative estimate of drug-likeness (QED) is 0.908. The smallest absolute Gasteiger partial charge is 0.207 e. The van der Waals surface area contributed by atoms with E-state index in [9.17, 15) is 12.8 Å². The molecule has 0 heterocycles. The number of nitrogens with one attached hydrogen (secondary N) is 1. The molecule has 22 heavy (non-hydrogen) atoms. The Kier molecular flexibility index (Phi) is 5.18. The molecule has 7 heteroatoms. The first-order chi connectivity index (χ1) is 10.3. The molecule has 0 bridgehead atoms. The van der Waals surface area contributed by atoms with E-state index in [1.165, 1.54) is 38.4 Å². The molecule has 2 aromatic rings. The van der Waals surface area contributed by atoms with Crippen LogP contribution >= 0.6 is 11.6 Å². The molecular formula is C15H16ClFN2O2S. The van der Waals surface area contributed by atoms with Gasteiger partial charge in [-0.25, -0.2) is 4.39 Å². The summed E-state index contributed by atoms with van der Waals surface area (Å²) in [5.74, 6) is -0.392. The van der Waals surface area contributed by atoms with Crippen molar-refractivity contribution in [3.05, 3.63) is 70.5 Å². The van der Waals surface area contributed by atoms with Crippen LogP contribution in [0.3, 0.4) is 0 Å². The Balaban J connectivity index is 2.50. The molecule has 2 rings (SSSR count). The van der Waals surface area contributed by atoms with Crippen molar-refractivity contribution in [3.8, 4) is 0 Å². The Morgan fingerprint density at radius 2 is 1.68 bits per heavy atom. The average molecular weight is 343 g/mol. The van der Waals surface area contributed by atoms with Gasteiger partial charge >= 0.3 is 0 Å². The second kappa shape index (κ2) is 6.75. The molecule has 0 aliphatic carbocycles. The minimum atomic E-state index is -3.69. The summed E-state index contributed by atoms with van der Waals surface area (Å²) in [6, 6.07) is 11.8. The molecule has 0 saturated carbocycles. The Labute approximate surface area is 134 Å². The summed E-state index contributed by atoms with van der Waals surface area (Å²) in [4.78, 5) is 0. The maximum Gasteiger partial charge on any atom is 0.279 e. The number of nitrogens with zero attached hydrogens (tertiary/aromatic N) is 1. The van der Waals surface area contributed by atoms with Crippen molar-refractivity contribution in [2.24, 2.45) is 0 Å². The molecule has 0 saturated heterocycles. The zero-order chi connectivity index (χ0) is 16.3. The van der Waals surface area contributed by atoms with E-state index in [0.717, 1.165) is 4.31 Å². The predicted octanol–water partition coefficient (Wildman–Crippen LogP) is 2.96. The van der Waals surface area contributed by atoms with E-state index in [-0.39, 0.29) is 0 Å². The zero-order valence-electron chi connectivity index (χ0n) is 12.1. The standard InChI is InChI=1S/C15H16ClFN2O2S/c1-19(2)22(20,21)18-15(11-7-9-12(17)10-8-11)13-5-3-4-6-14(13)16/h3-10,15,18H,1-2H3/t15-/m0/s1. The average Bonchev–Trinajstić information content (AvgIpc) is 2.46. The molecule has 0 aromatic heterocycles. The van der Waals surface area contributed by atoms with E-state index in [2.05, 4.69) is 4.72 Å². The molecule has 0 aliphatic rings. The summed E-state index contributed by atoms with van der Waals surface area (Å²) >= 11 is 6.19. The van der Waals surface area contributed by atoms with Crippen molar-refractivity contribution in [2.75, 3.05) is 14.1 Å². The Morgan fingerprint density at radius 1 is 1.09 bits per heavy atom. The lowest BCUT2D eigenvalue weighted by Crippen LogP contribution is -2.38. The van der Waals surface area contributed by atoms with Crippen LogP contribution in [0.2, 0.25) is 5.02 Å². The first-order valence-electron chi connectivity index (χ1n) is 6.51. The van der Waals surface area contributed by atoms with Gasteiger partial charge in [-0.1, -0.05) is 41.9 Å². The first-order valence-corrected chi connectivity index (χ1v) is 8.33. The van der Waals surface area contributed by atoms with Gasteiger partial charge in [0.15, 0.2) is 0 Å². The maximum atomic E-state index is 13.1. The lowest BCUT2D eigenvalue weighted by atomic mass is 10.00. The van der Waals surface area contributed by atoms with Crippen molar-refractivity contribution in [1.82, 2.24) is 9.03 Å². The van der Waals surface area contributed by atoms with Gasteiger partial charge in [-0.05, 0) is 29.3 Å². The van der Waals surface area contributed by atoms with Crippen LogP contribution in [0, 0.1) is 5.82 Å². The van der Waals surface area contributed by atoms with Crippen LogP contribution < -0.4 is 4.72 Å². The zero-order valence-corrected chi connectivity index (χ0v) is 13.7. The van der Waals surface area contributed by atoms with Crippen LogP contribution in [0.4, 0.5) is 4.39 Å². The summed E-state index contributed by atoms with van der Waals surface area (Å²) in [7, 11) is -0.835. The summed E-state index contributed by atoms with van der Waals surface area (Å²) in [5, 5.41) is 0.429. The van der Waals surface area contributed by atoms with Crippen LogP contribution in [-0.4, -0.2) is 26.8 Å². The van der Waals surface area contributed by atoms with E-state index in [1.807, 2.05) is 0 Å². The topological polar surface area (TPSA) is 49.4 Å². The SMILES string of the molecule is CN(C)S(=O)(=O)N[C@@H](c1ccc(F)cc1)c1ccccc1Cl. The summed E-state index contributed by atoms with van der Waals surface area (Å²) in [5.41, 5.74) is 1.20. The Hall–Kier alpha value is -1.47. The highest BCUT2D eigenvalue weighted by atomic mass is 35.5. The van der Waals surface area contributed by atoms with Crippen molar-refractivity contribution in [2.45, 2.75) is 6.04 Å². The molecule has 0 fully saturated rings. The second-order valence-corrected chi connectivity index (χ2v) is 7.23. The fraction of sp³-hybridized carbons (Fsp3) is 0.200. The predicted molar refractivity (Wildman–Crippen MR) is 85.4 cm³/mol. The number of rotatable bonds is 5. The van der Waals surface area contributed by atoms with E-state index in [4.69, 9.17) is 11.6 Å². The van der Waals surface area contributed by atoms with Gasteiger partial charge in [0.25, 0.3) is 10.2 Å². The lowest BCUT2D eigenvalue weighted by Gasteiger charge is -2.23. The fourth-order valence-corrected chi connectivity index (χ4v) is 2.95. The third kappa shape index (κ3) is 3.84. The molecule has 1 atom stereocenters. The molecule has 0 radical (unpaired) electrons. The van der Waals surface area contributed by atoms with Gasteiger partial charge in [-0.2, -0.15) is 17.4 Å². The van der Waals surface area contributed by atoms with Gasteiger partial charge in [0, 0.05) is 19.1 Å². The number of hydrogen-bond donors (Lipinski definition) is 1. The van der Waals surface area contributed by atoms with E-state index in [0.29, 0.717) is 16.1 Å². The van der Waals surface area contributed by atoms with Crippen LogP contribution in [0.1, 0.15) is 17.2 Å². The minimum Gasteiger partial charge on any atom is -0.207 e. The van der Waals surface area contributed by atoms with Crippen molar-refractivity contribution < 1.29 is 12.8 Å². The highest BCUT2D eigenvalue weighted by Crippen LogP contribution is 2.29. The third-order valence-corrected chi connectivity index (χ3v) is 5.01. The largest absolute Gasteiger partial charge is 0.279 e. The monoisotopic (exact) mass is 342 g/mol. The fourth-order valence-electron chi connectivity index (χ4n) is 1.93. The van der Waals surface area contributed by atoms with Crippen molar-refractivity contribution in [1.29, 1.82) is 0 Å². The summed E-state index contributed by atoms with van der Waals surface area (Å²) in [6.45, 7) is 0. The van der Waals surface area contributed by atoms with Gasteiger partial charge < -0.3 is 0 Å². The normalized spacial score (nSPS) is 13.3.